The van der Waals surface area contributed by atoms with Gasteiger partial charge in [0.1, 0.15) is 0 Å². The average molecular weight is 466 g/mol. The second-order valence-electron chi connectivity index (χ2n) is 7.59. The topological polar surface area (TPSA) is 123 Å². The first-order valence-corrected chi connectivity index (χ1v) is 10.6. The normalized spacial score (nSPS) is 15.0. The molecule has 0 fully saturated rings. The summed E-state index contributed by atoms with van der Waals surface area (Å²) >= 11 is 0. The Balaban J connectivity index is 1.77. The highest BCUT2D eigenvalue weighted by molar-refractivity contribution is 6.14. The second-order valence-corrected chi connectivity index (χ2v) is 7.59. The molecule has 0 radical (unpaired) electrons. The Morgan fingerprint density at radius 1 is 1.06 bits per heavy atom. The number of nitrogens with zero attached hydrogens (tertiary/aromatic N) is 4. The molecule has 0 saturated heterocycles. The van der Waals surface area contributed by atoms with E-state index in [1.54, 1.807) is 21.3 Å². The van der Waals surface area contributed by atoms with Crippen molar-refractivity contribution in [3.63, 3.8) is 0 Å². The number of hydrogen-bond acceptors (Lipinski definition) is 9. The van der Waals surface area contributed by atoms with Crippen LogP contribution in [0.25, 0.3) is 0 Å². The first-order chi connectivity index (χ1) is 16.5. The number of methoxy groups -OCH3 is 3. The molecule has 34 heavy (non-hydrogen) atoms. The summed E-state index contributed by atoms with van der Waals surface area (Å²) in [4.78, 5) is 12.6. The van der Waals surface area contributed by atoms with Crippen LogP contribution in [-0.4, -0.2) is 61.5 Å². The average Bonchev–Trinajstić information content (AvgIpc) is 3.25. The summed E-state index contributed by atoms with van der Waals surface area (Å²) in [6, 6.07) is 10.9. The van der Waals surface area contributed by atoms with Crippen molar-refractivity contribution in [3.8, 4) is 17.4 Å². The number of carbonyl (C=O) groups is 1. The van der Waals surface area contributed by atoms with Gasteiger partial charge in [0.25, 0.3) is 5.88 Å². The summed E-state index contributed by atoms with van der Waals surface area (Å²) in [5.74, 6) is 1.82. The van der Waals surface area contributed by atoms with Crippen LogP contribution in [0, 0.1) is 0 Å². The van der Waals surface area contributed by atoms with Crippen molar-refractivity contribution < 1.29 is 23.6 Å². The minimum absolute atomic E-state index is 0.178. The van der Waals surface area contributed by atoms with Crippen LogP contribution in [0.3, 0.4) is 0 Å². The van der Waals surface area contributed by atoms with E-state index in [4.69, 9.17) is 23.9 Å². The summed E-state index contributed by atoms with van der Waals surface area (Å²) < 4.78 is 20.9. The molecule has 2 amide bonds. The molecule has 0 aliphatic carbocycles. The highest BCUT2D eigenvalue weighted by Gasteiger charge is 2.28. The van der Waals surface area contributed by atoms with Crippen LogP contribution in [0.2, 0.25) is 0 Å². The van der Waals surface area contributed by atoms with Gasteiger partial charge in [0, 0.05) is 23.9 Å². The summed E-state index contributed by atoms with van der Waals surface area (Å²) in [7, 11) is 6.26. The van der Waals surface area contributed by atoms with Gasteiger partial charge in [-0.3, -0.25) is 0 Å². The van der Waals surface area contributed by atoms with E-state index in [2.05, 4.69) is 20.9 Å². The van der Waals surface area contributed by atoms with Gasteiger partial charge >= 0.3 is 6.03 Å². The van der Waals surface area contributed by atoms with E-state index in [0.29, 0.717) is 29.4 Å². The fourth-order valence-corrected chi connectivity index (χ4v) is 3.79. The quantitative estimate of drug-likeness (QED) is 0.568. The fourth-order valence-electron chi connectivity index (χ4n) is 3.79. The Hall–Kier alpha value is -4.28. The molecule has 2 heterocycles. The van der Waals surface area contributed by atoms with E-state index >= 15 is 0 Å². The number of aromatic nitrogens is 2. The Morgan fingerprint density at radius 3 is 2.41 bits per heavy atom. The summed E-state index contributed by atoms with van der Waals surface area (Å²) in [5.41, 5.74) is 4.05. The van der Waals surface area contributed by atoms with Gasteiger partial charge in [-0.15, -0.1) is 0 Å². The number of anilines is 2. The third kappa shape index (κ3) is 4.32. The molecule has 0 bridgehead atoms. The number of hydrogen-bond donors (Lipinski definition) is 2. The van der Waals surface area contributed by atoms with Crippen LogP contribution < -0.4 is 24.8 Å². The Kier molecular flexibility index (Phi) is 6.53. The molecule has 1 aromatic heterocycles. The molecule has 178 valence electrons. The van der Waals surface area contributed by atoms with Crippen LogP contribution in [0.1, 0.15) is 23.6 Å². The lowest BCUT2D eigenvalue weighted by atomic mass is 9.94. The molecule has 1 aliphatic rings. The lowest BCUT2D eigenvalue weighted by Gasteiger charge is -2.22. The van der Waals surface area contributed by atoms with E-state index in [-0.39, 0.29) is 18.0 Å². The van der Waals surface area contributed by atoms with Gasteiger partial charge in [-0.05, 0) is 53.5 Å². The number of nitrogens with one attached hydrogen (secondary N) is 2. The predicted octanol–water partition coefficient (Wildman–Crippen LogP) is 3.18. The number of amides is 2. The van der Waals surface area contributed by atoms with Crippen molar-refractivity contribution in [2.24, 2.45) is 5.10 Å². The zero-order valence-corrected chi connectivity index (χ0v) is 19.6. The fraction of sp³-hybridized carbons (Fsp3) is 0.304. The van der Waals surface area contributed by atoms with Crippen LogP contribution in [0.5, 0.6) is 17.4 Å². The molecule has 2 aromatic carbocycles. The maximum atomic E-state index is 12.6. The lowest BCUT2D eigenvalue weighted by molar-refractivity contribution is 0.184. The molecule has 3 aromatic rings. The van der Waals surface area contributed by atoms with Crippen LogP contribution in [0.4, 0.5) is 16.3 Å². The van der Waals surface area contributed by atoms with Gasteiger partial charge in [0.2, 0.25) is 5.82 Å². The molecule has 0 saturated carbocycles. The van der Waals surface area contributed by atoms with Crippen molar-refractivity contribution in [2.45, 2.75) is 19.4 Å². The number of ether oxygens (including phenoxy) is 3. The smallest absolute Gasteiger partial charge is 0.337 e. The van der Waals surface area contributed by atoms with Gasteiger partial charge in [-0.25, -0.2) is 14.4 Å². The SMILES string of the molecule is CNC(=O)N1N=C(c2ccc(Nc3nonc3OC)cc2)c2cc(OC)c(OC)cc2C[C@H]1C. The van der Waals surface area contributed by atoms with Crippen LogP contribution in [-0.2, 0) is 6.42 Å². The van der Waals surface area contributed by atoms with E-state index in [1.807, 2.05) is 43.3 Å². The number of urea groups is 1. The molecule has 1 atom stereocenters. The van der Waals surface area contributed by atoms with E-state index in [9.17, 15) is 4.79 Å². The van der Waals surface area contributed by atoms with Crippen LogP contribution >= 0.6 is 0 Å². The van der Waals surface area contributed by atoms with Gasteiger partial charge in [-0.1, -0.05) is 12.1 Å². The molecule has 1 aliphatic heterocycles. The first-order valence-electron chi connectivity index (χ1n) is 10.6. The zero-order valence-electron chi connectivity index (χ0n) is 19.6. The van der Waals surface area contributed by atoms with E-state index in [1.165, 1.54) is 12.1 Å². The second kappa shape index (κ2) is 9.69. The maximum Gasteiger partial charge on any atom is 0.337 e. The van der Waals surface area contributed by atoms with E-state index < -0.39 is 0 Å². The molecule has 2 N–H and O–H groups in total. The molecule has 4 rings (SSSR count). The molecule has 0 unspecified atom stereocenters. The molecule has 11 nitrogen and oxygen atoms in total. The largest absolute Gasteiger partial charge is 0.493 e. The Labute approximate surface area is 196 Å². The number of carbonyl (C=O) groups excluding carboxylic acids is 1. The summed E-state index contributed by atoms with van der Waals surface area (Å²) in [6.45, 7) is 1.95. The van der Waals surface area contributed by atoms with Crippen molar-refractivity contribution in [1.82, 2.24) is 20.6 Å². The third-order valence-corrected chi connectivity index (χ3v) is 5.50. The maximum absolute atomic E-state index is 12.6. The summed E-state index contributed by atoms with van der Waals surface area (Å²) in [6.07, 6.45) is 0.592. The Morgan fingerprint density at radius 2 is 1.76 bits per heavy atom. The minimum Gasteiger partial charge on any atom is -0.493 e. The number of hydrazone groups is 1. The monoisotopic (exact) mass is 466 g/mol. The third-order valence-electron chi connectivity index (χ3n) is 5.50. The van der Waals surface area contributed by atoms with Gasteiger partial charge in [0.15, 0.2) is 11.5 Å². The molecule has 0 spiro atoms. The molecular weight excluding hydrogens is 440 g/mol. The first kappa shape index (κ1) is 22.9. The molecular formula is C23H26N6O5. The lowest BCUT2D eigenvalue weighted by Crippen LogP contribution is -2.41. The molecule has 11 heteroatoms. The standard InChI is InChI=1S/C23H26N6O5/c1-13-10-15-11-18(31-3)19(32-4)12-17(15)20(26-29(13)23(30)24-2)14-6-8-16(9-7-14)25-21-22(33-5)28-34-27-21/h6-9,11-13H,10H2,1-5H3,(H,24,30)(H,25,27)/t13-/m1/s1. The van der Waals surface area contributed by atoms with Crippen molar-refractivity contribution in [2.75, 3.05) is 33.7 Å². The van der Waals surface area contributed by atoms with Crippen molar-refractivity contribution in [1.29, 1.82) is 0 Å². The van der Waals surface area contributed by atoms with E-state index in [0.717, 1.165) is 22.4 Å². The van der Waals surface area contributed by atoms with Crippen molar-refractivity contribution in [3.05, 3.63) is 53.1 Å². The minimum atomic E-state index is -0.291. The highest BCUT2D eigenvalue weighted by atomic mass is 16.6. The number of rotatable bonds is 6. The van der Waals surface area contributed by atoms with Gasteiger partial charge < -0.3 is 24.8 Å². The van der Waals surface area contributed by atoms with Crippen LogP contribution in [0.15, 0.2) is 46.1 Å². The highest BCUT2D eigenvalue weighted by Crippen LogP contribution is 2.35. The number of benzene rings is 2. The van der Waals surface area contributed by atoms with Gasteiger partial charge in [0.05, 0.1) is 33.1 Å². The summed E-state index contributed by atoms with van der Waals surface area (Å²) in [5, 5.41) is 19.5. The Bertz CT molecular complexity index is 1210. The van der Waals surface area contributed by atoms with Gasteiger partial charge in [-0.2, -0.15) is 5.10 Å². The zero-order chi connectivity index (χ0) is 24.2. The predicted molar refractivity (Wildman–Crippen MR) is 125 cm³/mol. The van der Waals surface area contributed by atoms with Crippen molar-refractivity contribution >= 4 is 23.2 Å². The number of fused-ring (bicyclic) bond motifs is 1.